The summed E-state index contributed by atoms with van der Waals surface area (Å²) < 4.78 is 14.8. The summed E-state index contributed by atoms with van der Waals surface area (Å²) in [5.74, 6) is -1.48. The van der Waals surface area contributed by atoms with Crippen LogP contribution >= 0.6 is 0 Å². The van der Waals surface area contributed by atoms with E-state index in [4.69, 9.17) is 0 Å². The van der Waals surface area contributed by atoms with E-state index in [0.717, 1.165) is 11.1 Å². The first-order valence-electron chi connectivity index (χ1n) is 10.9. The van der Waals surface area contributed by atoms with Gasteiger partial charge in [-0.1, -0.05) is 26.0 Å². The van der Waals surface area contributed by atoms with Gasteiger partial charge in [0.15, 0.2) is 0 Å². The molecule has 2 heterocycles. The van der Waals surface area contributed by atoms with Crippen LogP contribution in [0.25, 0.3) is 11.3 Å². The summed E-state index contributed by atoms with van der Waals surface area (Å²) >= 11 is 0. The highest BCUT2D eigenvalue weighted by molar-refractivity contribution is 5.98. The predicted molar refractivity (Wildman–Crippen MR) is 118 cm³/mol. The van der Waals surface area contributed by atoms with E-state index in [-0.39, 0.29) is 42.8 Å². The Morgan fingerprint density at radius 3 is 2.66 bits per heavy atom. The first kappa shape index (κ1) is 22.0. The fourth-order valence-electron chi connectivity index (χ4n) is 3.80. The van der Waals surface area contributed by atoms with Crippen LogP contribution in [0.5, 0.6) is 0 Å². The highest BCUT2D eigenvalue weighted by Gasteiger charge is 2.44. The van der Waals surface area contributed by atoms with Crippen LogP contribution < -0.4 is 10.6 Å². The van der Waals surface area contributed by atoms with Gasteiger partial charge in [0.1, 0.15) is 11.9 Å². The maximum Gasteiger partial charge on any atom is 0.273 e. The fraction of sp³-hybridized carbons (Fsp3) is 0.478. The molecule has 1 fully saturated rings. The number of rotatable bonds is 6. The van der Waals surface area contributed by atoms with E-state index in [0.29, 0.717) is 23.6 Å². The Labute approximate surface area is 186 Å². The van der Waals surface area contributed by atoms with Crippen molar-refractivity contribution in [1.82, 2.24) is 20.0 Å². The van der Waals surface area contributed by atoms with Crippen molar-refractivity contribution < 1.29 is 18.8 Å². The van der Waals surface area contributed by atoms with Crippen LogP contribution in [0.2, 0.25) is 0 Å². The summed E-state index contributed by atoms with van der Waals surface area (Å²) in [6, 6.07) is 7.30. The van der Waals surface area contributed by atoms with Crippen molar-refractivity contribution in [2.24, 2.45) is 11.8 Å². The third-order valence-electron chi connectivity index (χ3n) is 5.87. The van der Waals surface area contributed by atoms with Crippen LogP contribution in [0, 0.1) is 18.8 Å². The van der Waals surface area contributed by atoms with E-state index in [9.17, 15) is 18.8 Å². The highest BCUT2D eigenvalue weighted by Crippen LogP contribution is 2.34. The monoisotopic (exact) mass is 441 g/mol. The lowest BCUT2D eigenvalue weighted by Gasteiger charge is -2.31. The number of amides is 3. The van der Waals surface area contributed by atoms with Crippen molar-refractivity contribution in [3.8, 4) is 11.3 Å². The number of fused-ring (bicyclic) bond motifs is 1. The maximum atomic E-state index is 13.1. The maximum absolute atomic E-state index is 13.1. The lowest BCUT2D eigenvalue weighted by molar-refractivity contribution is -0.123. The molecule has 170 valence electrons. The predicted octanol–water partition coefficient (Wildman–Crippen LogP) is 2.90. The molecule has 0 saturated heterocycles. The molecule has 4 rings (SSSR count). The van der Waals surface area contributed by atoms with E-state index in [2.05, 4.69) is 15.7 Å². The van der Waals surface area contributed by atoms with E-state index >= 15 is 0 Å². The average Bonchev–Trinajstić information content (AvgIpc) is 3.30. The van der Waals surface area contributed by atoms with Gasteiger partial charge in [-0.15, -0.1) is 0 Å². The summed E-state index contributed by atoms with van der Waals surface area (Å²) in [4.78, 5) is 38.8. The molecule has 2 aromatic rings. The van der Waals surface area contributed by atoms with E-state index in [1.54, 1.807) is 10.7 Å². The zero-order valence-electron chi connectivity index (χ0n) is 18.7. The number of halogens is 1. The molecule has 0 radical (unpaired) electrons. The second-order valence-corrected chi connectivity index (χ2v) is 8.99. The van der Waals surface area contributed by atoms with Crippen LogP contribution in [-0.2, 0) is 9.59 Å². The molecule has 1 saturated carbocycles. The zero-order valence-corrected chi connectivity index (χ0v) is 18.7. The van der Waals surface area contributed by atoms with Gasteiger partial charge in [0.05, 0.1) is 30.0 Å². The molecular formula is C23H28FN5O3. The normalized spacial score (nSPS) is 22.0. The number of hydrogen-bond donors (Lipinski definition) is 2. The number of carbonyl (C=O) groups is 3. The van der Waals surface area contributed by atoms with Gasteiger partial charge in [0.2, 0.25) is 11.8 Å². The second-order valence-electron chi connectivity index (χ2n) is 8.99. The molecule has 8 nitrogen and oxygen atoms in total. The van der Waals surface area contributed by atoms with Crippen molar-refractivity contribution in [1.29, 1.82) is 0 Å². The smallest absolute Gasteiger partial charge is 0.273 e. The summed E-state index contributed by atoms with van der Waals surface area (Å²) in [6.07, 6.45) is -0.826. The van der Waals surface area contributed by atoms with Gasteiger partial charge in [-0.05, 0) is 38.0 Å². The van der Waals surface area contributed by atoms with Crippen molar-refractivity contribution in [2.75, 3.05) is 18.5 Å². The molecule has 32 heavy (non-hydrogen) atoms. The first-order valence-corrected chi connectivity index (χ1v) is 10.9. The minimum Gasteiger partial charge on any atom is -0.338 e. The van der Waals surface area contributed by atoms with Gasteiger partial charge in [0, 0.05) is 18.0 Å². The Bertz CT molecular complexity index is 1080. The summed E-state index contributed by atoms with van der Waals surface area (Å²) in [5, 5.41) is 10.3. The quantitative estimate of drug-likeness (QED) is 0.721. The Morgan fingerprint density at radius 1 is 1.28 bits per heavy atom. The minimum absolute atomic E-state index is 0.0337. The summed E-state index contributed by atoms with van der Waals surface area (Å²) in [7, 11) is 0. The topological polar surface area (TPSA) is 96.3 Å². The van der Waals surface area contributed by atoms with Crippen LogP contribution in [0.15, 0.2) is 24.3 Å². The van der Waals surface area contributed by atoms with Gasteiger partial charge in [-0.3, -0.25) is 19.1 Å². The van der Waals surface area contributed by atoms with Crippen molar-refractivity contribution in [3.63, 3.8) is 0 Å². The first-order chi connectivity index (χ1) is 15.2. The molecule has 1 aliphatic heterocycles. The summed E-state index contributed by atoms with van der Waals surface area (Å²) in [5.41, 5.74) is 3.37. The number of aryl methyl sites for hydroxylation is 1. The number of hydrogen-bond acceptors (Lipinski definition) is 4. The van der Waals surface area contributed by atoms with E-state index < -0.39 is 12.1 Å². The number of carbonyl (C=O) groups excluding carboxylic acids is 3. The largest absolute Gasteiger partial charge is 0.338 e. The van der Waals surface area contributed by atoms with Crippen molar-refractivity contribution >= 4 is 23.4 Å². The molecule has 1 aliphatic carbocycles. The SMILES string of the molecule is Cc1ccc(-c2cc3n(n2)C(C)CN(CNC(=O)C2CC2F)C3=O)c(NC(=O)C(C)C)c1. The second kappa shape index (κ2) is 8.37. The molecule has 1 aromatic heterocycles. The van der Waals surface area contributed by atoms with Crippen molar-refractivity contribution in [3.05, 3.63) is 35.5 Å². The van der Waals surface area contributed by atoms with Gasteiger partial charge in [-0.2, -0.15) is 5.10 Å². The number of nitrogens with one attached hydrogen (secondary N) is 2. The molecular weight excluding hydrogens is 413 g/mol. The van der Waals surface area contributed by atoms with Gasteiger partial charge < -0.3 is 15.5 Å². The Morgan fingerprint density at radius 2 is 2.00 bits per heavy atom. The molecule has 3 unspecified atom stereocenters. The number of benzene rings is 1. The number of aromatic nitrogens is 2. The number of alkyl halides is 1. The van der Waals surface area contributed by atoms with Crippen LogP contribution in [0.4, 0.5) is 10.1 Å². The van der Waals surface area contributed by atoms with Crippen LogP contribution in [0.1, 0.15) is 49.3 Å². The zero-order chi connectivity index (χ0) is 23.2. The van der Waals surface area contributed by atoms with Crippen LogP contribution in [0.3, 0.4) is 0 Å². The fourth-order valence-corrected chi connectivity index (χ4v) is 3.80. The number of anilines is 1. The van der Waals surface area contributed by atoms with Gasteiger partial charge >= 0.3 is 0 Å². The van der Waals surface area contributed by atoms with Gasteiger partial charge in [0.25, 0.3) is 5.91 Å². The Kier molecular flexibility index (Phi) is 5.75. The molecule has 0 spiro atoms. The molecule has 1 aromatic carbocycles. The standard InChI is InChI=1S/C23H28FN5O3/c1-12(2)21(30)26-18-7-13(3)5-6-15(18)19-9-20-23(32)28(10-14(4)29(20)27-19)11-25-22(31)16-8-17(16)24/h5-7,9,12,14,16-17H,8,10-11H2,1-4H3,(H,25,31)(H,26,30). The highest BCUT2D eigenvalue weighted by atomic mass is 19.1. The third-order valence-corrected chi connectivity index (χ3v) is 5.87. The lowest BCUT2D eigenvalue weighted by Crippen LogP contribution is -2.48. The van der Waals surface area contributed by atoms with E-state index in [1.807, 2.05) is 45.9 Å². The molecule has 0 bridgehead atoms. The molecule has 3 atom stereocenters. The molecule has 2 N–H and O–H groups in total. The minimum atomic E-state index is -1.07. The average molecular weight is 442 g/mol. The number of nitrogens with zero attached hydrogens (tertiary/aromatic N) is 3. The van der Waals surface area contributed by atoms with Gasteiger partial charge in [-0.25, -0.2) is 4.39 Å². The Hall–Kier alpha value is -3.23. The molecule has 2 aliphatic rings. The third kappa shape index (κ3) is 4.24. The summed E-state index contributed by atoms with van der Waals surface area (Å²) in [6.45, 7) is 7.94. The lowest BCUT2D eigenvalue weighted by atomic mass is 10.1. The molecule has 3 amide bonds. The van der Waals surface area contributed by atoms with E-state index in [1.165, 1.54) is 4.90 Å². The van der Waals surface area contributed by atoms with Crippen LogP contribution in [-0.4, -0.2) is 51.8 Å². The van der Waals surface area contributed by atoms with Crippen molar-refractivity contribution in [2.45, 2.75) is 46.3 Å². The molecule has 9 heteroatoms. The Balaban J connectivity index is 1.57.